The van der Waals surface area contributed by atoms with E-state index < -0.39 is 5.60 Å². The maximum Gasteiger partial charge on any atom is 0.410 e. The van der Waals surface area contributed by atoms with E-state index in [1.807, 2.05) is 32.9 Å². The zero-order chi connectivity index (χ0) is 32.0. The highest BCUT2D eigenvalue weighted by atomic mass is 16.6. The smallest absolute Gasteiger partial charge is 0.410 e. The van der Waals surface area contributed by atoms with Gasteiger partial charge in [-0.2, -0.15) is 4.98 Å². The van der Waals surface area contributed by atoms with Crippen molar-refractivity contribution in [2.45, 2.75) is 65.1 Å². The number of nitrogens with one attached hydrogen (secondary N) is 2. The molecule has 1 unspecified atom stereocenters. The number of ether oxygens (including phenoxy) is 5. The van der Waals surface area contributed by atoms with Crippen LogP contribution in [0.1, 0.15) is 50.9 Å². The summed E-state index contributed by atoms with van der Waals surface area (Å²) in [5, 5.41) is 6.46. The van der Waals surface area contributed by atoms with Crippen LogP contribution in [0, 0.1) is 0 Å². The number of aromatic nitrogens is 2. The summed E-state index contributed by atoms with van der Waals surface area (Å²) in [4.78, 5) is 36.3. The molecule has 0 saturated heterocycles. The summed E-state index contributed by atoms with van der Waals surface area (Å²) in [7, 11) is 1.55. The topological polar surface area (TPSA) is 133 Å². The van der Waals surface area contributed by atoms with E-state index in [2.05, 4.69) is 32.7 Å². The van der Waals surface area contributed by atoms with Gasteiger partial charge in [-0.25, -0.2) is 4.79 Å². The van der Waals surface area contributed by atoms with Crippen molar-refractivity contribution in [1.29, 1.82) is 0 Å². The van der Waals surface area contributed by atoms with Crippen molar-refractivity contribution in [1.82, 2.24) is 14.9 Å². The van der Waals surface area contributed by atoms with E-state index >= 15 is 0 Å². The van der Waals surface area contributed by atoms with Crippen LogP contribution in [0.2, 0.25) is 0 Å². The molecule has 1 aliphatic carbocycles. The summed E-state index contributed by atoms with van der Waals surface area (Å²) in [6, 6.07) is 11.4. The molecule has 1 amide bonds. The van der Waals surface area contributed by atoms with Gasteiger partial charge in [0, 0.05) is 23.9 Å². The fourth-order valence-electron chi connectivity index (χ4n) is 5.30. The van der Waals surface area contributed by atoms with Gasteiger partial charge < -0.3 is 34.3 Å². The van der Waals surface area contributed by atoms with E-state index in [1.165, 1.54) is 5.56 Å². The van der Waals surface area contributed by atoms with Gasteiger partial charge in [0.25, 0.3) is 0 Å². The molecule has 0 fully saturated rings. The van der Waals surface area contributed by atoms with Crippen LogP contribution in [0.5, 0.6) is 17.4 Å². The monoisotopic (exact) mass is 619 g/mol. The first-order valence-corrected chi connectivity index (χ1v) is 15.2. The average molecular weight is 620 g/mol. The zero-order valence-electron chi connectivity index (χ0n) is 26.5. The summed E-state index contributed by atoms with van der Waals surface area (Å²) in [5.41, 5.74) is 3.88. The van der Waals surface area contributed by atoms with Gasteiger partial charge in [-0.15, -0.1) is 0 Å². The van der Waals surface area contributed by atoms with Gasteiger partial charge in [0.1, 0.15) is 25.4 Å². The quantitative estimate of drug-likeness (QED) is 0.288. The molecule has 2 aromatic heterocycles. The number of anilines is 3. The molecule has 240 valence electrons. The standard InChI is InChI=1S/C33H41N5O7/c1-6-42-30(39)19-35-26-11-12-29(41-5)37-31(26)36-23-9-7-22-16-25(10-8-21(22)15-23)38(32(40)45-33(2,3)4)20-24-17-27-28(18-34-24)44-14-13-43-27/h7,9,11-12,15,17-18,25,35H,6,8,10,13-14,16,19-20H2,1-5H3,(H,36,37). The number of amides is 1. The molecule has 12 nitrogen and oxygen atoms in total. The summed E-state index contributed by atoms with van der Waals surface area (Å²) in [6.07, 6.45) is 3.46. The fraction of sp³-hybridized carbons (Fsp3) is 0.455. The van der Waals surface area contributed by atoms with Crippen LogP contribution in [0.4, 0.5) is 22.0 Å². The van der Waals surface area contributed by atoms with E-state index in [9.17, 15) is 9.59 Å². The molecule has 1 aromatic carbocycles. The van der Waals surface area contributed by atoms with Crippen molar-refractivity contribution < 1.29 is 33.3 Å². The Labute approximate surface area is 263 Å². The molecule has 5 rings (SSSR count). The molecule has 45 heavy (non-hydrogen) atoms. The van der Waals surface area contributed by atoms with Gasteiger partial charge in [-0.05, 0) is 76.3 Å². The van der Waals surface area contributed by atoms with E-state index in [1.54, 1.807) is 37.3 Å². The zero-order valence-corrected chi connectivity index (χ0v) is 26.5. The largest absolute Gasteiger partial charge is 0.486 e. The molecular formula is C33H41N5O7. The van der Waals surface area contributed by atoms with E-state index in [4.69, 9.17) is 23.7 Å². The lowest BCUT2D eigenvalue weighted by Crippen LogP contribution is -2.45. The third kappa shape index (κ3) is 8.25. The molecule has 0 saturated carbocycles. The number of fused-ring (bicyclic) bond motifs is 2. The number of nitrogens with zero attached hydrogens (tertiary/aromatic N) is 3. The maximum atomic E-state index is 13.5. The Morgan fingerprint density at radius 3 is 2.62 bits per heavy atom. The van der Waals surface area contributed by atoms with Gasteiger partial charge in [0.2, 0.25) is 5.88 Å². The van der Waals surface area contributed by atoms with Crippen LogP contribution in [-0.2, 0) is 33.7 Å². The second kappa shape index (κ2) is 13.9. The van der Waals surface area contributed by atoms with Crippen LogP contribution >= 0.6 is 0 Å². The number of aryl methyl sites for hydroxylation is 1. The highest BCUT2D eigenvalue weighted by molar-refractivity contribution is 5.79. The van der Waals surface area contributed by atoms with Crippen LogP contribution in [0.3, 0.4) is 0 Å². The Morgan fingerprint density at radius 2 is 1.87 bits per heavy atom. The van der Waals surface area contributed by atoms with Gasteiger partial charge in [0.15, 0.2) is 17.3 Å². The van der Waals surface area contributed by atoms with E-state index in [0.29, 0.717) is 60.8 Å². The number of benzene rings is 1. The number of esters is 1. The molecule has 0 radical (unpaired) electrons. The number of methoxy groups -OCH3 is 1. The summed E-state index contributed by atoms with van der Waals surface area (Å²) in [6.45, 7) is 8.94. The molecule has 3 aromatic rings. The first-order valence-electron chi connectivity index (χ1n) is 15.2. The second-order valence-corrected chi connectivity index (χ2v) is 11.8. The summed E-state index contributed by atoms with van der Waals surface area (Å²) < 4.78 is 27.6. The predicted octanol–water partition coefficient (Wildman–Crippen LogP) is 5.27. The molecule has 3 heterocycles. The van der Waals surface area contributed by atoms with E-state index in [0.717, 1.165) is 24.1 Å². The molecule has 0 spiro atoms. The predicted molar refractivity (Wildman–Crippen MR) is 168 cm³/mol. The number of pyridine rings is 2. The minimum atomic E-state index is -0.638. The average Bonchev–Trinajstić information content (AvgIpc) is 3.02. The van der Waals surface area contributed by atoms with Gasteiger partial charge in [-0.3, -0.25) is 14.7 Å². The van der Waals surface area contributed by atoms with Gasteiger partial charge in [0.05, 0.1) is 37.8 Å². The minimum absolute atomic E-state index is 0.0119. The Kier molecular flexibility index (Phi) is 9.80. The fourth-order valence-corrected chi connectivity index (χ4v) is 5.30. The SMILES string of the molecule is CCOC(=O)CNc1ccc(OC)nc1Nc1ccc2c(c1)CCC(N(Cc1cc3c(cn1)OCCO3)C(=O)OC(C)(C)C)C2. The van der Waals surface area contributed by atoms with Crippen molar-refractivity contribution in [2.24, 2.45) is 0 Å². The molecule has 0 bridgehead atoms. The first kappa shape index (κ1) is 31.7. The molecule has 2 N–H and O–H groups in total. The number of carbonyl (C=O) groups is 2. The lowest BCUT2D eigenvalue weighted by atomic mass is 9.87. The molecule has 12 heteroatoms. The van der Waals surface area contributed by atoms with Crippen molar-refractivity contribution in [3.05, 3.63) is 59.4 Å². The third-order valence-electron chi connectivity index (χ3n) is 7.37. The maximum absolute atomic E-state index is 13.5. The number of rotatable bonds is 10. The first-order chi connectivity index (χ1) is 21.6. The van der Waals surface area contributed by atoms with E-state index in [-0.39, 0.29) is 31.2 Å². The van der Waals surface area contributed by atoms with Crippen LogP contribution in [0.15, 0.2) is 42.6 Å². The van der Waals surface area contributed by atoms with Crippen molar-refractivity contribution >= 4 is 29.3 Å². The Morgan fingerprint density at radius 1 is 1.07 bits per heavy atom. The number of hydrogen-bond donors (Lipinski definition) is 2. The van der Waals surface area contributed by atoms with Crippen LogP contribution in [-0.4, -0.2) is 72.0 Å². The van der Waals surface area contributed by atoms with Crippen molar-refractivity contribution in [3.8, 4) is 17.4 Å². The Bertz CT molecular complexity index is 1520. The third-order valence-corrected chi connectivity index (χ3v) is 7.37. The second-order valence-electron chi connectivity index (χ2n) is 11.8. The molecule has 1 aliphatic heterocycles. The van der Waals surface area contributed by atoms with Crippen molar-refractivity contribution in [2.75, 3.05) is 44.1 Å². The Hall–Kier alpha value is -4.74. The summed E-state index contributed by atoms with van der Waals surface area (Å²) in [5.74, 6) is 1.85. The number of hydrogen-bond acceptors (Lipinski definition) is 11. The highest BCUT2D eigenvalue weighted by Crippen LogP contribution is 2.33. The molecule has 2 aliphatic rings. The van der Waals surface area contributed by atoms with Crippen LogP contribution < -0.4 is 24.8 Å². The van der Waals surface area contributed by atoms with Gasteiger partial charge in [-0.1, -0.05) is 6.07 Å². The minimum Gasteiger partial charge on any atom is -0.486 e. The lowest BCUT2D eigenvalue weighted by molar-refractivity contribution is -0.140. The summed E-state index contributed by atoms with van der Waals surface area (Å²) >= 11 is 0. The van der Waals surface area contributed by atoms with Gasteiger partial charge >= 0.3 is 12.1 Å². The Balaban J connectivity index is 1.33. The number of carbonyl (C=O) groups excluding carboxylic acids is 2. The normalized spacial score (nSPS) is 15.4. The van der Waals surface area contributed by atoms with Crippen LogP contribution in [0.25, 0.3) is 0 Å². The molecule has 1 atom stereocenters. The highest BCUT2D eigenvalue weighted by Gasteiger charge is 2.32. The lowest BCUT2D eigenvalue weighted by Gasteiger charge is -2.36. The molecular weight excluding hydrogens is 578 g/mol. The van der Waals surface area contributed by atoms with Crippen molar-refractivity contribution in [3.63, 3.8) is 0 Å².